The van der Waals surface area contributed by atoms with Gasteiger partial charge in [-0.25, -0.2) is 0 Å². The van der Waals surface area contributed by atoms with Crippen molar-refractivity contribution in [3.63, 3.8) is 0 Å². The van der Waals surface area contributed by atoms with Gasteiger partial charge in [0, 0.05) is 0 Å². The van der Waals surface area contributed by atoms with E-state index in [-0.39, 0.29) is 0 Å². The fourth-order valence-electron chi connectivity index (χ4n) is 1.53. The SMILES string of the molecule is C=COC(CC)[Si](OC(=C)C)(OC(=C)C)OC(=C)C. The van der Waals surface area contributed by atoms with Crippen LogP contribution in [0.15, 0.2) is 49.9 Å². The molecule has 0 saturated carbocycles. The molecule has 1 unspecified atom stereocenters. The second-order valence-corrected chi connectivity index (χ2v) is 6.68. The molecule has 0 aromatic carbocycles. The molecule has 0 heterocycles. The first-order valence-corrected chi connectivity index (χ1v) is 7.87. The molecule has 0 aromatic rings. The lowest BCUT2D eigenvalue weighted by atomic mass is 10.5. The van der Waals surface area contributed by atoms with Crippen LogP contribution in [0, 0.1) is 0 Å². The summed E-state index contributed by atoms with van der Waals surface area (Å²) in [6.45, 7) is 21.9. The van der Waals surface area contributed by atoms with Crippen LogP contribution in [-0.4, -0.2) is 14.5 Å². The van der Waals surface area contributed by atoms with E-state index < -0.39 is 14.5 Å². The summed E-state index contributed by atoms with van der Waals surface area (Å²) >= 11 is 0. The Morgan fingerprint density at radius 1 is 1.00 bits per heavy atom. The summed E-state index contributed by atoms with van der Waals surface area (Å²) in [5.74, 6) is 1.46. The fourth-order valence-corrected chi connectivity index (χ4v) is 4.27. The van der Waals surface area contributed by atoms with Crippen molar-refractivity contribution in [3.05, 3.63) is 49.9 Å². The molecule has 108 valence electrons. The maximum atomic E-state index is 5.77. The highest BCUT2D eigenvalue weighted by Crippen LogP contribution is 2.27. The van der Waals surface area contributed by atoms with Crippen molar-refractivity contribution in [2.45, 2.75) is 39.8 Å². The van der Waals surface area contributed by atoms with E-state index in [9.17, 15) is 0 Å². The van der Waals surface area contributed by atoms with Crippen molar-refractivity contribution >= 4 is 8.80 Å². The number of rotatable bonds is 10. The predicted molar refractivity (Wildman–Crippen MR) is 78.8 cm³/mol. The van der Waals surface area contributed by atoms with Gasteiger partial charge in [0.1, 0.15) is 0 Å². The molecule has 0 N–H and O–H groups in total. The Labute approximate surface area is 117 Å². The highest BCUT2D eigenvalue weighted by Gasteiger charge is 2.58. The first-order valence-electron chi connectivity index (χ1n) is 6.07. The summed E-state index contributed by atoms with van der Waals surface area (Å²) in [6.07, 6.45) is 1.98. The van der Waals surface area contributed by atoms with Crippen molar-refractivity contribution < 1.29 is 18.0 Å². The number of hydrogen-bond acceptors (Lipinski definition) is 4. The molecule has 0 fully saturated rings. The molecule has 0 aromatic heterocycles. The normalized spacial score (nSPS) is 12.0. The fraction of sp³-hybridized carbons (Fsp3) is 0.429. The van der Waals surface area contributed by atoms with E-state index in [1.165, 1.54) is 6.26 Å². The van der Waals surface area contributed by atoms with Crippen molar-refractivity contribution in [3.8, 4) is 0 Å². The molecule has 0 amide bonds. The zero-order chi connectivity index (χ0) is 15.1. The summed E-state index contributed by atoms with van der Waals surface area (Å²) < 4.78 is 22.8. The van der Waals surface area contributed by atoms with Crippen LogP contribution in [0.25, 0.3) is 0 Å². The molecule has 0 saturated heterocycles. The van der Waals surface area contributed by atoms with E-state index in [1.54, 1.807) is 20.8 Å². The Morgan fingerprint density at radius 3 is 1.58 bits per heavy atom. The van der Waals surface area contributed by atoms with Crippen molar-refractivity contribution in [1.82, 2.24) is 0 Å². The van der Waals surface area contributed by atoms with Gasteiger partial charge in [-0.1, -0.05) is 33.2 Å². The van der Waals surface area contributed by atoms with Crippen molar-refractivity contribution in [2.75, 3.05) is 0 Å². The molecular weight excluding hydrogens is 260 g/mol. The molecule has 1 atom stereocenters. The summed E-state index contributed by atoms with van der Waals surface area (Å²) in [7, 11) is -3.23. The van der Waals surface area contributed by atoms with E-state index in [0.717, 1.165) is 0 Å². The van der Waals surface area contributed by atoms with Gasteiger partial charge in [-0.05, 0) is 27.2 Å². The minimum Gasteiger partial charge on any atom is -0.490 e. The smallest absolute Gasteiger partial charge is 0.490 e. The van der Waals surface area contributed by atoms with Gasteiger partial charge in [-0.15, -0.1) is 0 Å². The van der Waals surface area contributed by atoms with Crippen molar-refractivity contribution in [2.24, 2.45) is 0 Å². The number of hydrogen-bond donors (Lipinski definition) is 0. The molecule has 4 nitrogen and oxygen atoms in total. The molecule has 0 rings (SSSR count). The van der Waals surface area contributed by atoms with Gasteiger partial charge in [0.15, 0.2) is 0 Å². The lowest BCUT2D eigenvalue weighted by Gasteiger charge is -2.34. The monoisotopic (exact) mass is 284 g/mol. The van der Waals surface area contributed by atoms with Gasteiger partial charge >= 0.3 is 8.80 Å². The molecule has 0 aliphatic rings. The van der Waals surface area contributed by atoms with Crippen LogP contribution in [0.1, 0.15) is 34.1 Å². The quantitative estimate of drug-likeness (QED) is 0.448. The third-order valence-corrected chi connectivity index (χ3v) is 5.21. The minimum absolute atomic E-state index is 0.407. The van der Waals surface area contributed by atoms with Crippen molar-refractivity contribution in [1.29, 1.82) is 0 Å². The second kappa shape index (κ2) is 7.73. The van der Waals surface area contributed by atoms with Crippen LogP contribution >= 0.6 is 0 Å². The van der Waals surface area contributed by atoms with Crippen LogP contribution < -0.4 is 0 Å². The Morgan fingerprint density at radius 2 is 1.37 bits per heavy atom. The summed E-state index contributed by atoms with van der Waals surface area (Å²) in [4.78, 5) is 0. The van der Waals surface area contributed by atoms with Crippen LogP contribution in [0.5, 0.6) is 0 Å². The highest BCUT2D eigenvalue weighted by molar-refractivity contribution is 6.63. The average molecular weight is 284 g/mol. The standard InChI is InChI=1S/C14H24O4Si/c1-9-14(15-10-2)19(16-11(3)4,17-12(5)6)18-13(7)8/h10,14H,2-3,5,7,9H2,1,4,6,8H3. The summed E-state index contributed by atoms with van der Waals surface area (Å²) in [5.41, 5.74) is -0.407. The van der Waals surface area contributed by atoms with Gasteiger partial charge in [-0.3, -0.25) is 0 Å². The molecule has 0 bridgehead atoms. The summed E-state index contributed by atoms with van der Waals surface area (Å²) in [6, 6.07) is 0. The third kappa shape index (κ3) is 5.70. The van der Waals surface area contributed by atoms with Crippen LogP contribution in [0.3, 0.4) is 0 Å². The minimum atomic E-state index is -3.23. The Balaban J connectivity index is 5.52. The molecule has 19 heavy (non-hydrogen) atoms. The van der Waals surface area contributed by atoms with Crippen LogP contribution in [-0.2, 0) is 18.0 Å². The summed E-state index contributed by atoms with van der Waals surface area (Å²) in [5, 5.41) is 0. The Hall–Kier alpha value is -1.62. The lowest BCUT2D eigenvalue weighted by molar-refractivity contribution is 0.0631. The predicted octanol–water partition coefficient (Wildman–Crippen LogP) is 4.05. The van der Waals surface area contributed by atoms with E-state index in [1.807, 2.05) is 6.92 Å². The Bertz CT molecular complexity index is 322. The van der Waals surface area contributed by atoms with Crippen LogP contribution in [0.2, 0.25) is 0 Å². The first-order chi connectivity index (χ1) is 8.77. The molecule has 0 radical (unpaired) electrons. The zero-order valence-corrected chi connectivity index (χ0v) is 13.3. The van der Waals surface area contributed by atoms with Gasteiger partial charge in [0.05, 0.1) is 23.5 Å². The second-order valence-electron chi connectivity index (χ2n) is 4.22. The molecule has 5 heteroatoms. The van der Waals surface area contributed by atoms with Gasteiger partial charge in [-0.2, -0.15) is 0 Å². The maximum absolute atomic E-state index is 5.77. The molecular formula is C14H24O4Si. The van der Waals surface area contributed by atoms with Gasteiger partial charge < -0.3 is 18.0 Å². The van der Waals surface area contributed by atoms with E-state index in [4.69, 9.17) is 18.0 Å². The van der Waals surface area contributed by atoms with E-state index in [0.29, 0.717) is 23.7 Å². The zero-order valence-electron chi connectivity index (χ0n) is 12.3. The van der Waals surface area contributed by atoms with Gasteiger partial charge in [0.2, 0.25) is 5.73 Å². The topological polar surface area (TPSA) is 36.9 Å². The highest BCUT2D eigenvalue weighted by atomic mass is 28.4. The van der Waals surface area contributed by atoms with E-state index in [2.05, 4.69) is 26.3 Å². The molecule has 0 spiro atoms. The lowest BCUT2D eigenvalue weighted by Crippen LogP contribution is -2.55. The van der Waals surface area contributed by atoms with E-state index >= 15 is 0 Å². The Kier molecular flexibility index (Phi) is 7.07. The average Bonchev–Trinajstić information content (AvgIpc) is 2.22. The largest absolute Gasteiger partial charge is 0.741 e. The molecule has 0 aliphatic carbocycles. The van der Waals surface area contributed by atoms with Crippen LogP contribution in [0.4, 0.5) is 0 Å². The number of ether oxygens (including phenoxy) is 1. The number of allylic oxidation sites excluding steroid dienone is 3. The van der Waals surface area contributed by atoms with Gasteiger partial charge in [0.25, 0.3) is 0 Å². The molecule has 0 aliphatic heterocycles. The first kappa shape index (κ1) is 17.4. The maximum Gasteiger partial charge on any atom is 0.741 e. The third-order valence-electron chi connectivity index (χ3n) is 1.98.